The van der Waals surface area contributed by atoms with E-state index in [-0.39, 0.29) is 23.3 Å². The molecule has 7 nitrogen and oxygen atoms in total. The molecule has 0 saturated carbocycles. The molecule has 0 aliphatic carbocycles. The van der Waals surface area contributed by atoms with Crippen LogP contribution in [0.4, 0.5) is 4.79 Å². The van der Waals surface area contributed by atoms with Crippen molar-refractivity contribution in [2.75, 3.05) is 32.0 Å². The summed E-state index contributed by atoms with van der Waals surface area (Å²) in [5.41, 5.74) is 5.64. The second kappa shape index (κ2) is 35.8. The van der Waals surface area contributed by atoms with Crippen LogP contribution in [0.3, 0.4) is 0 Å². The van der Waals surface area contributed by atoms with Gasteiger partial charge in [0.15, 0.2) is 0 Å². The number of amides is 1. The highest BCUT2D eigenvalue weighted by atomic mass is 32.2. The molecule has 0 fully saturated rings. The number of carbonyl (C=O) groups excluding carboxylic acids is 3. The van der Waals surface area contributed by atoms with E-state index in [2.05, 4.69) is 26.8 Å². The van der Waals surface area contributed by atoms with Crippen LogP contribution in [0.15, 0.2) is 12.2 Å². The van der Waals surface area contributed by atoms with E-state index in [0.29, 0.717) is 51.3 Å². The lowest BCUT2D eigenvalue weighted by molar-refractivity contribution is -0.150. The minimum atomic E-state index is -0.170. The molecule has 0 saturated heterocycles. The Bertz CT molecular complexity index is 748. The van der Waals surface area contributed by atoms with Gasteiger partial charge in [0.05, 0.1) is 0 Å². The van der Waals surface area contributed by atoms with Crippen molar-refractivity contribution in [3.63, 3.8) is 0 Å². The van der Waals surface area contributed by atoms with Gasteiger partial charge >= 0.3 is 11.9 Å². The molecule has 0 aromatic rings. The highest BCUT2D eigenvalue weighted by Crippen LogP contribution is 2.18. The summed E-state index contributed by atoms with van der Waals surface area (Å²) in [6.45, 7) is 8.61. The molecule has 0 heterocycles. The predicted octanol–water partition coefficient (Wildman–Crippen LogP) is 10.9. The summed E-state index contributed by atoms with van der Waals surface area (Å²) in [4.78, 5) is 39.6. The van der Waals surface area contributed by atoms with Crippen molar-refractivity contribution in [3.8, 4) is 0 Å². The lowest BCUT2D eigenvalue weighted by atomic mass is 10.0. The number of esters is 2. The number of hydrogen-bond donors (Lipinski definition) is 1. The van der Waals surface area contributed by atoms with Crippen LogP contribution in [0.2, 0.25) is 0 Å². The second-order valence-corrected chi connectivity index (χ2v) is 14.1. The van der Waals surface area contributed by atoms with Crippen LogP contribution in [-0.4, -0.2) is 60.2 Å². The molecule has 276 valence electrons. The maximum absolute atomic E-state index is 12.9. The first-order valence-corrected chi connectivity index (χ1v) is 20.6. The Morgan fingerprint density at radius 1 is 0.638 bits per heavy atom. The number of ether oxygens (including phenoxy) is 2. The van der Waals surface area contributed by atoms with E-state index in [1.165, 1.54) is 102 Å². The van der Waals surface area contributed by atoms with Gasteiger partial charge in [-0.3, -0.25) is 14.4 Å². The molecule has 0 aliphatic heterocycles. The lowest BCUT2D eigenvalue weighted by Gasteiger charge is -2.22. The number of unbranched alkanes of at least 4 members (excludes halogenated alkanes) is 16. The summed E-state index contributed by atoms with van der Waals surface area (Å²) in [5, 5.41) is 0.00808. The van der Waals surface area contributed by atoms with Gasteiger partial charge in [0.25, 0.3) is 5.24 Å². The van der Waals surface area contributed by atoms with Crippen molar-refractivity contribution < 1.29 is 23.9 Å². The first-order chi connectivity index (χ1) is 23.0. The van der Waals surface area contributed by atoms with Crippen LogP contribution in [0.25, 0.3) is 0 Å². The molecule has 0 rings (SSSR count). The Hall–Kier alpha value is -1.54. The summed E-state index contributed by atoms with van der Waals surface area (Å²) in [6.07, 6.45) is 30.5. The number of thioether (sulfide) groups is 1. The SMILES string of the molecule is CCCCCC/C=C\COC(=O)CCCCCN(CCCC(=O)OC(CCCCCCCC)CCCCCCCC)C(=O)SCCN. The molecule has 0 unspecified atom stereocenters. The predicted molar refractivity (Wildman–Crippen MR) is 201 cm³/mol. The fraction of sp³-hybridized carbons (Fsp3) is 0.872. The molecule has 0 bridgehead atoms. The van der Waals surface area contributed by atoms with Crippen LogP contribution in [-0.2, 0) is 19.1 Å². The summed E-state index contributed by atoms with van der Waals surface area (Å²) >= 11 is 1.24. The van der Waals surface area contributed by atoms with Gasteiger partial charge in [-0.1, -0.05) is 135 Å². The Morgan fingerprint density at radius 3 is 1.79 bits per heavy atom. The molecular weight excluding hydrogens is 609 g/mol. The van der Waals surface area contributed by atoms with E-state index in [9.17, 15) is 14.4 Å². The van der Waals surface area contributed by atoms with Crippen molar-refractivity contribution in [1.29, 1.82) is 0 Å². The van der Waals surface area contributed by atoms with Gasteiger partial charge in [0.2, 0.25) is 0 Å². The molecule has 1 amide bonds. The van der Waals surface area contributed by atoms with Crippen molar-refractivity contribution in [2.24, 2.45) is 5.73 Å². The van der Waals surface area contributed by atoms with Crippen molar-refractivity contribution in [3.05, 3.63) is 12.2 Å². The quantitative estimate of drug-likeness (QED) is 0.0409. The maximum Gasteiger partial charge on any atom is 0.306 e. The molecule has 0 aromatic heterocycles. The van der Waals surface area contributed by atoms with Crippen molar-refractivity contribution in [1.82, 2.24) is 4.90 Å². The van der Waals surface area contributed by atoms with Gasteiger partial charge in [-0.15, -0.1) is 0 Å². The second-order valence-electron chi connectivity index (χ2n) is 13.0. The summed E-state index contributed by atoms with van der Waals surface area (Å²) < 4.78 is 11.3. The monoisotopic (exact) mass is 683 g/mol. The van der Waals surface area contributed by atoms with E-state index in [1.54, 1.807) is 0 Å². The van der Waals surface area contributed by atoms with Crippen LogP contribution in [0.5, 0.6) is 0 Å². The zero-order chi connectivity index (χ0) is 34.6. The Kier molecular flexibility index (Phi) is 34.6. The molecule has 2 N–H and O–H groups in total. The summed E-state index contributed by atoms with van der Waals surface area (Å²) in [7, 11) is 0. The minimum Gasteiger partial charge on any atom is -0.462 e. The molecule has 0 radical (unpaired) electrons. The molecule has 47 heavy (non-hydrogen) atoms. The van der Waals surface area contributed by atoms with Crippen LogP contribution < -0.4 is 5.73 Å². The van der Waals surface area contributed by atoms with Crippen molar-refractivity contribution >= 4 is 28.9 Å². The fourth-order valence-electron chi connectivity index (χ4n) is 5.59. The molecular formula is C39H74N2O5S. The number of nitrogens with two attached hydrogens (primary N) is 1. The first-order valence-electron chi connectivity index (χ1n) is 19.6. The van der Waals surface area contributed by atoms with E-state index in [0.717, 1.165) is 51.4 Å². The normalized spacial score (nSPS) is 11.4. The summed E-state index contributed by atoms with van der Waals surface area (Å²) in [5.74, 6) is 0.269. The molecule has 8 heteroatoms. The van der Waals surface area contributed by atoms with Gasteiger partial charge in [-0.05, 0) is 57.8 Å². The van der Waals surface area contributed by atoms with Gasteiger partial charge in [-0.25, -0.2) is 0 Å². The molecule has 0 aromatic carbocycles. The zero-order valence-electron chi connectivity index (χ0n) is 30.9. The van der Waals surface area contributed by atoms with Crippen molar-refractivity contribution in [2.45, 2.75) is 187 Å². The third kappa shape index (κ3) is 31.5. The van der Waals surface area contributed by atoms with E-state index in [1.807, 2.05) is 11.0 Å². The van der Waals surface area contributed by atoms with Gasteiger partial charge in [-0.2, -0.15) is 0 Å². The highest BCUT2D eigenvalue weighted by molar-refractivity contribution is 8.13. The van der Waals surface area contributed by atoms with Gasteiger partial charge in [0, 0.05) is 38.2 Å². The smallest absolute Gasteiger partial charge is 0.306 e. The number of allylic oxidation sites excluding steroid dienone is 1. The Morgan fingerprint density at radius 2 is 1.17 bits per heavy atom. The average Bonchev–Trinajstić information content (AvgIpc) is 3.06. The number of carbonyl (C=O) groups is 3. The Labute approximate surface area is 294 Å². The largest absolute Gasteiger partial charge is 0.462 e. The minimum absolute atomic E-state index is 0.00808. The molecule has 0 aliphatic rings. The van der Waals surface area contributed by atoms with E-state index in [4.69, 9.17) is 15.2 Å². The fourth-order valence-corrected chi connectivity index (χ4v) is 6.25. The van der Waals surface area contributed by atoms with Crippen LogP contribution in [0, 0.1) is 0 Å². The van der Waals surface area contributed by atoms with Crippen LogP contribution in [0.1, 0.15) is 181 Å². The van der Waals surface area contributed by atoms with Gasteiger partial charge < -0.3 is 20.1 Å². The molecule has 0 atom stereocenters. The first kappa shape index (κ1) is 45.5. The third-order valence-corrected chi connectivity index (χ3v) is 9.45. The third-order valence-electron chi connectivity index (χ3n) is 8.51. The summed E-state index contributed by atoms with van der Waals surface area (Å²) in [6, 6.07) is 0. The topological polar surface area (TPSA) is 98.9 Å². The number of hydrogen-bond acceptors (Lipinski definition) is 7. The standard InChI is InChI=1S/C39H74N2O5S/c1-4-7-10-13-16-19-25-34-45-37(42)29-23-20-24-32-41(39(44)47-35-31-40)33-26-30-38(43)46-36(27-21-17-14-11-8-5-2)28-22-18-15-12-9-6-3/h19,25,36H,4-18,20-24,26-35,40H2,1-3H3/b25-19-. The van der Waals surface area contributed by atoms with Gasteiger partial charge in [0.1, 0.15) is 12.7 Å². The van der Waals surface area contributed by atoms with E-state index >= 15 is 0 Å². The molecule has 0 spiro atoms. The van der Waals surface area contributed by atoms with E-state index < -0.39 is 0 Å². The number of nitrogens with zero attached hydrogens (tertiary/aromatic N) is 1. The highest BCUT2D eigenvalue weighted by Gasteiger charge is 2.17. The Balaban J connectivity index is 4.53. The zero-order valence-corrected chi connectivity index (χ0v) is 31.7. The van der Waals surface area contributed by atoms with Crippen LogP contribution >= 0.6 is 11.8 Å². The lowest BCUT2D eigenvalue weighted by Crippen LogP contribution is -2.31. The number of rotatable bonds is 34. The maximum atomic E-state index is 12.9. The average molecular weight is 683 g/mol.